The summed E-state index contributed by atoms with van der Waals surface area (Å²) in [4.78, 5) is 16.6. The Labute approximate surface area is 144 Å². The average Bonchev–Trinajstić information content (AvgIpc) is 2.83. The van der Waals surface area contributed by atoms with Gasteiger partial charge in [-0.15, -0.1) is 0 Å². The molecule has 0 spiro atoms. The number of halogens is 4. The monoisotopic (exact) mass is 369 g/mol. The molecule has 0 bridgehead atoms. The van der Waals surface area contributed by atoms with Crippen molar-refractivity contribution in [1.29, 1.82) is 0 Å². The van der Waals surface area contributed by atoms with Crippen LogP contribution in [-0.2, 0) is 6.18 Å². The van der Waals surface area contributed by atoms with E-state index in [2.05, 4.69) is 10.3 Å². The summed E-state index contributed by atoms with van der Waals surface area (Å²) in [6.07, 6.45) is -3.84. The van der Waals surface area contributed by atoms with Crippen molar-refractivity contribution >= 4 is 28.8 Å². The highest BCUT2D eigenvalue weighted by molar-refractivity contribution is 6.33. The molecule has 9 heteroatoms. The number of pyridine rings is 1. The number of fused-ring (bicyclic) bond motifs is 1. The van der Waals surface area contributed by atoms with E-state index in [4.69, 9.17) is 11.6 Å². The topological polar surface area (TPSA) is 66.6 Å². The fourth-order valence-electron chi connectivity index (χ4n) is 2.42. The minimum Gasteiger partial charge on any atom is -0.508 e. The molecule has 0 atom stereocenters. The second-order valence-corrected chi connectivity index (χ2v) is 5.73. The van der Waals surface area contributed by atoms with Gasteiger partial charge in [0.2, 0.25) is 0 Å². The molecule has 1 amide bonds. The number of hydrogen-bond acceptors (Lipinski definition) is 3. The van der Waals surface area contributed by atoms with Crippen LogP contribution in [0.1, 0.15) is 21.7 Å². The first kappa shape index (κ1) is 17.1. The zero-order valence-corrected chi connectivity index (χ0v) is 13.5. The SMILES string of the molecule is Cc1nc2c(Cl)cc(C(F)(F)F)cn2c1C(=O)Nc1cccc(O)c1. The number of hydrogen-bond donors (Lipinski definition) is 2. The van der Waals surface area contributed by atoms with Gasteiger partial charge < -0.3 is 10.4 Å². The number of aromatic hydroxyl groups is 1. The third-order valence-electron chi connectivity index (χ3n) is 3.50. The Balaban J connectivity index is 2.10. The lowest BCUT2D eigenvalue weighted by Crippen LogP contribution is -2.16. The molecule has 0 aliphatic carbocycles. The third-order valence-corrected chi connectivity index (χ3v) is 3.77. The van der Waals surface area contributed by atoms with Crippen LogP contribution in [-0.4, -0.2) is 20.4 Å². The van der Waals surface area contributed by atoms with Crippen molar-refractivity contribution < 1.29 is 23.1 Å². The van der Waals surface area contributed by atoms with Crippen molar-refractivity contribution in [2.24, 2.45) is 0 Å². The van der Waals surface area contributed by atoms with Crippen molar-refractivity contribution in [3.8, 4) is 5.75 Å². The molecule has 5 nitrogen and oxygen atoms in total. The average molecular weight is 370 g/mol. The molecule has 0 aliphatic rings. The van der Waals surface area contributed by atoms with Crippen LogP contribution < -0.4 is 5.32 Å². The Morgan fingerprint density at radius 1 is 1.32 bits per heavy atom. The number of phenolic OH excluding ortho intramolecular Hbond substituents is 1. The van der Waals surface area contributed by atoms with Crippen LogP contribution in [0.2, 0.25) is 5.02 Å². The summed E-state index contributed by atoms with van der Waals surface area (Å²) in [5, 5.41) is 11.7. The Morgan fingerprint density at radius 3 is 2.68 bits per heavy atom. The number of rotatable bonds is 2. The van der Waals surface area contributed by atoms with Gasteiger partial charge in [-0.25, -0.2) is 4.98 Å². The highest BCUT2D eigenvalue weighted by Crippen LogP contribution is 2.33. The summed E-state index contributed by atoms with van der Waals surface area (Å²) in [5.74, 6) is -0.735. The number of anilines is 1. The van der Waals surface area contributed by atoms with E-state index in [1.54, 1.807) is 0 Å². The number of nitrogens with zero attached hydrogens (tertiary/aromatic N) is 2. The molecule has 0 fully saturated rings. The molecule has 25 heavy (non-hydrogen) atoms. The van der Waals surface area contributed by atoms with Gasteiger partial charge >= 0.3 is 6.18 Å². The molecule has 0 radical (unpaired) electrons. The summed E-state index contributed by atoms with van der Waals surface area (Å²) in [7, 11) is 0. The van der Waals surface area contributed by atoms with Crippen LogP contribution in [0.15, 0.2) is 36.5 Å². The van der Waals surface area contributed by atoms with E-state index in [9.17, 15) is 23.1 Å². The molecule has 2 heterocycles. The van der Waals surface area contributed by atoms with Crippen LogP contribution in [0.3, 0.4) is 0 Å². The molecule has 2 aromatic heterocycles. The van der Waals surface area contributed by atoms with Crippen molar-refractivity contribution in [2.45, 2.75) is 13.1 Å². The van der Waals surface area contributed by atoms with Gasteiger partial charge in [-0.3, -0.25) is 9.20 Å². The van der Waals surface area contributed by atoms with E-state index in [-0.39, 0.29) is 33.5 Å². The van der Waals surface area contributed by atoms with Gasteiger partial charge in [0.15, 0.2) is 5.65 Å². The van der Waals surface area contributed by atoms with Crippen LogP contribution in [0.4, 0.5) is 18.9 Å². The first-order valence-electron chi connectivity index (χ1n) is 7.02. The van der Waals surface area contributed by atoms with Gasteiger partial charge in [-0.2, -0.15) is 13.2 Å². The number of alkyl halides is 3. The number of benzene rings is 1. The first-order chi connectivity index (χ1) is 11.7. The number of nitrogens with one attached hydrogen (secondary N) is 1. The number of phenols is 1. The van der Waals surface area contributed by atoms with Crippen LogP contribution in [0.5, 0.6) is 5.75 Å². The summed E-state index contributed by atoms with van der Waals surface area (Å²) in [6, 6.07) is 6.55. The van der Waals surface area contributed by atoms with Gasteiger partial charge in [0.25, 0.3) is 5.91 Å². The normalized spacial score (nSPS) is 11.7. The smallest absolute Gasteiger partial charge is 0.417 e. The Bertz CT molecular complexity index is 983. The molecular formula is C16H11ClF3N3O2. The molecule has 0 saturated carbocycles. The molecule has 130 valence electrons. The van der Waals surface area contributed by atoms with E-state index in [0.29, 0.717) is 0 Å². The largest absolute Gasteiger partial charge is 0.508 e. The van der Waals surface area contributed by atoms with Crippen molar-refractivity contribution in [3.63, 3.8) is 0 Å². The van der Waals surface area contributed by atoms with Crippen molar-refractivity contribution in [1.82, 2.24) is 9.38 Å². The maximum absolute atomic E-state index is 13.0. The fourth-order valence-corrected chi connectivity index (χ4v) is 2.67. The number of carbonyl (C=O) groups excluding carboxylic acids is 1. The number of carbonyl (C=O) groups is 1. The predicted molar refractivity (Wildman–Crippen MR) is 86.0 cm³/mol. The number of aromatic nitrogens is 2. The summed E-state index contributed by atoms with van der Waals surface area (Å²) >= 11 is 5.89. The number of aryl methyl sites for hydroxylation is 1. The molecule has 3 rings (SSSR count). The maximum Gasteiger partial charge on any atom is 0.417 e. The maximum atomic E-state index is 13.0. The number of imidazole rings is 1. The lowest BCUT2D eigenvalue weighted by molar-refractivity contribution is -0.137. The van der Waals surface area contributed by atoms with E-state index in [1.807, 2.05) is 0 Å². The fraction of sp³-hybridized carbons (Fsp3) is 0.125. The Hall–Kier alpha value is -2.74. The molecule has 0 saturated heterocycles. The molecule has 0 aliphatic heterocycles. The van der Waals surface area contributed by atoms with Gasteiger partial charge in [0, 0.05) is 18.0 Å². The van der Waals surface area contributed by atoms with Crippen LogP contribution in [0, 0.1) is 6.92 Å². The van der Waals surface area contributed by atoms with Gasteiger partial charge in [-0.1, -0.05) is 17.7 Å². The third kappa shape index (κ3) is 3.25. The van der Waals surface area contributed by atoms with E-state index >= 15 is 0 Å². The second-order valence-electron chi connectivity index (χ2n) is 5.32. The van der Waals surface area contributed by atoms with Crippen molar-refractivity contribution in [3.05, 3.63) is 58.5 Å². The molecule has 1 aromatic carbocycles. The predicted octanol–water partition coefficient (Wildman–Crippen LogP) is 4.27. The Morgan fingerprint density at radius 2 is 2.04 bits per heavy atom. The first-order valence-corrected chi connectivity index (χ1v) is 7.40. The van der Waals surface area contributed by atoms with Gasteiger partial charge in [0.05, 0.1) is 16.3 Å². The second kappa shape index (κ2) is 5.96. The number of amides is 1. The lowest BCUT2D eigenvalue weighted by atomic mass is 10.2. The molecule has 3 aromatic rings. The quantitative estimate of drug-likeness (QED) is 0.708. The summed E-state index contributed by atoms with van der Waals surface area (Å²) in [5.41, 5.74) is -0.510. The lowest BCUT2D eigenvalue weighted by Gasteiger charge is -2.10. The Kier molecular flexibility index (Phi) is 4.08. The molecule has 0 unspecified atom stereocenters. The van der Waals surface area contributed by atoms with Gasteiger partial charge in [0.1, 0.15) is 11.4 Å². The van der Waals surface area contributed by atoms with Crippen LogP contribution >= 0.6 is 11.6 Å². The standard InChI is InChI=1S/C16H11ClF3N3O2/c1-8-13(15(25)22-10-3-2-4-11(24)6-10)23-7-9(16(18,19)20)5-12(17)14(23)21-8/h2-7,24H,1H3,(H,22,25). The molecular weight excluding hydrogens is 359 g/mol. The highest BCUT2D eigenvalue weighted by atomic mass is 35.5. The summed E-state index contributed by atoms with van der Waals surface area (Å²) < 4.78 is 40.0. The minimum absolute atomic E-state index is 0.0493. The van der Waals surface area contributed by atoms with E-state index < -0.39 is 17.6 Å². The van der Waals surface area contributed by atoms with Crippen molar-refractivity contribution in [2.75, 3.05) is 5.32 Å². The summed E-state index contributed by atoms with van der Waals surface area (Å²) in [6.45, 7) is 1.49. The molecule has 2 N–H and O–H groups in total. The van der Waals surface area contributed by atoms with E-state index in [1.165, 1.54) is 31.2 Å². The minimum atomic E-state index is -4.62. The van der Waals surface area contributed by atoms with Gasteiger partial charge in [-0.05, 0) is 25.1 Å². The van der Waals surface area contributed by atoms with E-state index in [0.717, 1.165) is 16.7 Å². The zero-order valence-electron chi connectivity index (χ0n) is 12.7. The zero-order chi connectivity index (χ0) is 18.4. The highest BCUT2D eigenvalue weighted by Gasteiger charge is 2.32. The van der Waals surface area contributed by atoms with Crippen LogP contribution in [0.25, 0.3) is 5.65 Å².